The van der Waals surface area contributed by atoms with Gasteiger partial charge in [0.2, 0.25) is 0 Å². The molecule has 0 radical (unpaired) electrons. The average Bonchev–Trinajstić information content (AvgIpc) is 2.42. The Hall–Kier alpha value is -0.730. The minimum Gasteiger partial charge on any atom is -0.496 e. The summed E-state index contributed by atoms with van der Waals surface area (Å²) >= 11 is 6.24. The third-order valence-corrected chi connectivity index (χ3v) is 4.65. The molecule has 2 unspecified atom stereocenters. The first kappa shape index (κ1) is 14.7. The van der Waals surface area contributed by atoms with E-state index >= 15 is 0 Å². The molecule has 0 spiro atoms. The van der Waals surface area contributed by atoms with Crippen molar-refractivity contribution in [2.75, 3.05) is 13.7 Å². The summed E-state index contributed by atoms with van der Waals surface area (Å²) < 4.78 is 5.37. The third-order valence-electron chi connectivity index (χ3n) is 4.29. The van der Waals surface area contributed by atoms with E-state index in [0.29, 0.717) is 0 Å². The van der Waals surface area contributed by atoms with E-state index in [1.165, 1.54) is 25.7 Å². The molecule has 1 fully saturated rings. The van der Waals surface area contributed by atoms with E-state index in [0.717, 1.165) is 41.3 Å². The van der Waals surface area contributed by atoms with Crippen LogP contribution in [0, 0.1) is 11.8 Å². The fraction of sp³-hybridized carbons (Fsp3) is 0.625. The zero-order valence-electron chi connectivity index (χ0n) is 11.9. The van der Waals surface area contributed by atoms with Crippen molar-refractivity contribution >= 4 is 11.6 Å². The number of ether oxygens (including phenoxy) is 1. The number of rotatable bonds is 5. The zero-order chi connectivity index (χ0) is 13.7. The van der Waals surface area contributed by atoms with Gasteiger partial charge in [-0.1, -0.05) is 43.9 Å². The molecule has 1 aliphatic rings. The quantitative estimate of drug-likeness (QED) is 0.870. The molecule has 0 saturated heterocycles. The second-order valence-corrected chi connectivity index (χ2v) is 5.98. The fourth-order valence-electron chi connectivity index (χ4n) is 2.98. The molecule has 1 N–H and O–H groups in total. The van der Waals surface area contributed by atoms with Crippen LogP contribution >= 0.6 is 11.6 Å². The van der Waals surface area contributed by atoms with Crippen molar-refractivity contribution in [1.29, 1.82) is 0 Å². The summed E-state index contributed by atoms with van der Waals surface area (Å²) in [4.78, 5) is 0. The van der Waals surface area contributed by atoms with E-state index in [-0.39, 0.29) is 0 Å². The Morgan fingerprint density at radius 1 is 1.32 bits per heavy atom. The lowest BCUT2D eigenvalue weighted by Crippen LogP contribution is -2.29. The number of methoxy groups -OCH3 is 1. The zero-order valence-corrected chi connectivity index (χ0v) is 12.7. The minimum atomic E-state index is 0.781. The predicted octanol–water partition coefficient (Wildman–Crippen LogP) is 4.26. The van der Waals surface area contributed by atoms with E-state index in [1.54, 1.807) is 7.11 Å². The maximum atomic E-state index is 6.24. The summed E-state index contributed by atoms with van der Waals surface area (Å²) in [6.07, 6.45) is 5.51. The van der Waals surface area contributed by atoms with Crippen molar-refractivity contribution < 1.29 is 4.74 Å². The monoisotopic (exact) mass is 281 g/mol. The van der Waals surface area contributed by atoms with Crippen molar-refractivity contribution in [2.45, 2.75) is 39.2 Å². The van der Waals surface area contributed by atoms with Crippen molar-refractivity contribution in [1.82, 2.24) is 5.32 Å². The van der Waals surface area contributed by atoms with E-state index in [9.17, 15) is 0 Å². The van der Waals surface area contributed by atoms with E-state index in [2.05, 4.69) is 12.2 Å². The molecule has 1 aromatic carbocycles. The largest absolute Gasteiger partial charge is 0.496 e. The maximum absolute atomic E-state index is 6.24. The normalized spacial score (nSPS) is 23.3. The van der Waals surface area contributed by atoms with Gasteiger partial charge in [-0.25, -0.2) is 0 Å². The van der Waals surface area contributed by atoms with Crippen molar-refractivity contribution in [3.05, 3.63) is 28.8 Å². The highest BCUT2D eigenvalue weighted by molar-refractivity contribution is 6.31. The van der Waals surface area contributed by atoms with Crippen molar-refractivity contribution in [3.63, 3.8) is 0 Å². The lowest BCUT2D eigenvalue weighted by molar-refractivity contribution is 0.247. The van der Waals surface area contributed by atoms with Crippen LogP contribution in [-0.4, -0.2) is 13.7 Å². The first-order valence-corrected chi connectivity index (χ1v) is 7.62. The van der Waals surface area contributed by atoms with Crippen molar-refractivity contribution in [2.24, 2.45) is 11.8 Å². The Kier molecular flexibility index (Phi) is 5.53. The summed E-state index contributed by atoms with van der Waals surface area (Å²) in [5.41, 5.74) is 1.06. The minimum absolute atomic E-state index is 0.781. The number of benzene rings is 1. The number of nitrogens with one attached hydrogen (secondary N) is 1. The Bertz CT molecular complexity index is 408. The van der Waals surface area contributed by atoms with Crippen LogP contribution in [0.1, 0.15) is 38.2 Å². The molecular formula is C16H24ClNO. The van der Waals surface area contributed by atoms with Crippen LogP contribution in [0.5, 0.6) is 5.75 Å². The molecule has 1 aliphatic carbocycles. The van der Waals surface area contributed by atoms with Gasteiger partial charge in [0.25, 0.3) is 0 Å². The summed E-state index contributed by atoms with van der Waals surface area (Å²) in [7, 11) is 1.69. The summed E-state index contributed by atoms with van der Waals surface area (Å²) in [5.74, 6) is 2.52. The number of hydrogen-bond donors (Lipinski definition) is 1. The number of hydrogen-bond acceptors (Lipinski definition) is 2. The lowest BCUT2D eigenvalue weighted by Gasteiger charge is -2.29. The number of halogens is 1. The van der Waals surface area contributed by atoms with Crippen LogP contribution in [0.3, 0.4) is 0 Å². The van der Waals surface area contributed by atoms with Gasteiger partial charge < -0.3 is 10.1 Å². The second kappa shape index (κ2) is 7.16. The van der Waals surface area contributed by atoms with Gasteiger partial charge in [-0.2, -0.15) is 0 Å². The SMILES string of the molecule is COc1cccc(Cl)c1CNCC1CCCCC1C. The second-order valence-electron chi connectivity index (χ2n) is 5.57. The first-order valence-electron chi connectivity index (χ1n) is 7.24. The molecule has 0 aliphatic heterocycles. The highest BCUT2D eigenvalue weighted by Crippen LogP contribution is 2.30. The van der Waals surface area contributed by atoms with Crippen molar-refractivity contribution in [3.8, 4) is 5.75 Å². The highest BCUT2D eigenvalue weighted by atomic mass is 35.5. The van der Waals surface area contributed by atoms with Crippen LogP contribution in [0.2, 0.25) is 5.02 Å². The summed E-state index contributed by atoms with van der Waals surface area (Å²) in [5, 5.41) is 4.33. The molecule has 0 aromatic heterocycles. The van der Waals surface area contributed by atoms with E-state index < -0.39 is 0 Å². The first-order chi connectivity index (χ1) is 9.22. The van der Waals surface area contributed by atoms with Crippen LogP contribution in [0.4, 0.5) is 0 Å². The lowest BCUT2D eigenvalue weighted by atomic mass is 9.80. The van der Waals surface area contributed by atoms with Crippen LogP contribution in [0.25, 0.3) is 0 Å². The molecule has 3 heteroatoms. The van der Waals surface area contributed by atoms with Gasteiger partial charge in [-0.15, -0.1) is 0 Å². The van der Waals surface area contributed by atoms with Gasteiger partial charge in [-0.05, 0) is 36.9 Å². The van der Waals surface area contributed by atoms with Gasteiger partial charge >= 0.3 is 0 Å². The molecule has 0 heterocycles. The molecular weight excluding hydrogens is 258 g/mol. The van der Waals surface area contributed by atoms with Gasteiger partial charge in [0.1, 0.15) is 5.75 Å². The van der Waals surface area contributed by atoms with Gasteiger partial charge in [-0.3, -0.25) is 0 Å². The topological polar surface area (TPSA) is 21.3 Å². The van der Waals surface area contributed by atoms with Gasteiger partial charge in [0.15, 0.2) is 0 Å². The van der Waals surface area contributed by atoms with Gasteiger partial charge in [0.05, 0.1) is 7.11 Å². The van der Waals surface area contributed by atoms with Gasteiger partial charge in [0, 0.05) is 17.1 Å². The van der Waals surface area contributed by atoms with Crippen LogP contribution in [-0.2, 0) is 6.54 Å². The smallest absolute Gasteiger partial charge is 0.124 e. The predicted molar refractivity (Wildman–Crippen MR) is 80.8 cm³/mol. The molecule has 2 nitrogen and oxygen atoms in total. The summed E-state index contributed by atoms with van der Waals surface area (Å²) in [6.45, 7) is 4.24. The molecule has 0 bridgehead atoms. The highest BCUT2D eigenvalue weighted by Gasteiger charge is 2.20. The summed E-state index contributed by atoms with van der Waals surface area (Å²) in [6, 6.07) is 5.81. The Labute approximate surface area is 121 Å². The maximum Gasteiger partial charge on any atom is 0.124 e. The Balaban J connectivity index is 1.88. The van der Waals surface area contributed by atoms with Crippen LogP contribution in [0.15, 0.2) is 18.2 Å². The molecule has 106 valence electrons. The third kappa shape index (κ3) is 3.87. The standard InChI is InChI=1S/C16H24ClNO/c1-12-6-3-4-7-13(12)10-18-11-14-15(17)8-5-9-16(14)19-2/h5,8-9,12-13,18H,3-4,6-7,10-11H2,1-2H3. The van der Waals surface area contributed by atoms with Crippen LogP contribution < -0.4 is 10.1 Å². The molecule has 19 heavy (non-hydrogen) atoms. The Morgan fingerprint density at radius 2 is 2.11 bits per heavy atom. The molecule has 0 amide bonds. The average molecular weight is 282 g/mol. The molecule has 1 saturated carbocycles. The molecule has 1 aromatic rings. The Morgan fingerprint density at radius 3 is 2.84 bits per heavy atom. The molecule has 2 rings (SSSR count). The van der Waals surface area contributed by atoms with E-state index in [4.69, 9.17) is 16.3 Å². The molecule has 2 atom stereocenters. The fourth-order valence-corrected chi connectivity index (χ4v) is 3.21. The van der Waals surface area contributed by atoms with E-state index in [1.807, 2.05) is 18.2 Å².